The van der Waals surface area contributed by atoms with Crippen LogP contribution < -0.4 is 5.32 Å². The number of nitrogens with zero attached hydrogens (tertiary/aromatic N) is 3. The van der Waals surface area contributed by atoms with Crippen LogP contribution >= 0.6 is 11.8 Å². The van der Waals surface area contributed by atoms with E-state index in [9.17, 15) is 4.79 Å². The standard InChI is InChI=1S/C21H18N4O2S/c1-3-28-18-10-9-15(12-22-18)23-20(26)16-11-17(14-7-5-4-6-8-14)24-21-19(16)13(2)25-27-21/h4-12H,3H2,1-2H3,(H,23,26). The number of thioether (sulfide) groups is 1. The molecule has 6 nitrogen and oxygen atoms in total. The number of pyridine rings is 2. The number of benzene rings is 1. The SMILES string of the molecule is CCSc1ccc(NC(=O)c2cc(-c3ccccc3)nc3onc(C)c23)cn1. The van der Waals surface area contributed by atoms with Gasteiger partial charge in [-0.15, -0.1) is 11.8 Å². The van der Waals surface area contributed by atoms with Crippen molar-refractivity contribution in [2.24, 2.45) is 0 Å². The number of nitrogens with one attached hydrogen (secondary N) is 1. The summed E-state index contributed by atoms with van der Waals surface area (Å²) < 4.78 is 5.34. The molecule has 0 saturated heterocycles. The molecule has 0 unspecified atom stereocenters. The van der Waals surface area contributed by atoms with E-state index in [2.05, 4.69) is 27.4 Å². The van der Waals surface area contributed by atoms with Crippen LogP contribution in [-0.2, 0) is 0 Å². The van der Waals surface area contributed by atoms with E-state index in [1.165, 1.54) is 0 Å². The van der Waals surface area contributed by atoms with Crippen molar-refractivity contribution in [3.8, 4) is 11.3 Å². The Morgan fingerprint density at radius 3 is 2.71 bits per heavy atom. The zero-order chi connectivity index (χ0) is 19.5. The van der Waals surface area contributed by atoms with E-state index < -0.39 is 0 Å². The average molecular weight is 390 g/mol. The second-order valence-electron chi connectivity index (χ2n) is 6.14. The second kappa shape index (κ2) is 7.82. The maximum absolute atomic E-state index is 13.0. The summed E-state index contributed by atoms with van der Waals surface area (Å²) in [4.78, 5) is 21.9. The van der Waals surface area contributed by atoms with E-state index in [0.29, 0.717) is 33.7 Å². The van der Waals surface area contributed by atoms with Gasteiger partial charge in [-0.3, -0.25) is 4.79 Å². The number of anilines is 1. The molecule has 1 aromatic carbocycles. The van der Waals surface area contributed by atoms with Gasteiger partial charge in [-0.2, -0.15) is 0 Å². The van der Waals surface area contributed by atoms with Crippen molar-refractivity contribution >= 4 is 34.5 Å². The number of amides is 1. The van der Waals surface area contributed by atoms with E-state index in [4.69, 9.17) is 4.52 Å². The van der Waals surface area contributed by atoms with Crippen molar-refractivity contribution in [1.82, 2.24) is 15.1 Å². The number of rotatable bonds is 5. The monoisotopic (exact) mass is 390 g/mol. The van der Waals surface area contributed by atoms with Crippen LogP contribution in [0, 0.1) is 6.92 Å². The fraction of sp³-hybridized carbons (Fsp3) is 0.143. The molecule has 0 aliphatic heterocycles. The summed E-state index contributed by atoms with van der Waals surface area (Å²) in [5.41, 5.74) is 3.62. The number of aromatic nitrogens is 3. The molecule has 0 atom stereocenters. The summed E-state index contributed by atoms with van der Waals surface area (Å²) in [5.74, 6) is 0.691. The molecular formula is C21H18N4O2S. The highest BCUT2D eigenvalue weighted by Gasteiger charge is 2.19. The maximum atomic E-state index is 13.0. The summed E-state index contributed by atoms with van der Waals surface area (Å²) in [6.07, 6.45) is 1.66. The number of aryl methyl sites for hydroxylation is 1. The number of hydrogen-bond donors (Lipinski definition) is 1. The summed E-state index contributed by atoms with van der Waals surface area (Å²) in [7, 11) is 0. The van der Waals surface area contributed by atoms with Crippen molar-refractivity contribution in [3.05, 3.63) is 66.0 Å². The molecule has 4 aromatic rings. The van der Waals surface area contributed by atoms with Gasteiger partial charge in [0.2, 0.25) is 0 Å². The first kappa shape index (κ1) is 18.2. The van der Waals surface area contributed by atoms with Crippen LogP contribution in [0.15, 0.2) is 64.3 Å². The van der Waals surface area contributed by atoms with Gasteiger partial charge >= 0.3 is 0 Å². The topological polar surface area (TPSA) is 80.9 Å². The second-order valence-corrected chi connectivity index (χ2v) is 7.43. The predicted octanol–water partition coefficient (Wildman–Crippen LogP) is 4.96. The van der Waals surface area contributed by atoms with Crippen molar-refractivity contribution < 1.29 is 9.32 Å². The average Bonchev–Trinajstić information content (AvgIpc) is 3.10. The highest BCUT2D eigenvalue weighted by molar-refractivity contribution is 7.99. The number of fused-ring (bicyclic) bond motifs is 1. The fourth-order valence-electron chi connectivity index (χ4n) is 2.92. The third kappa shape index (κ3) is 3.61. The van der Waals surface area contributed by atoms with Gasteiger partial charge < -0.3 is 9.84 Å². The van der Waals surface area contributed by atoms with Crippen LogP contribution in [0.5, 0.6) is 0 Å². The van der Waals surface area contributed by atoms with Gasteiger partial charge in [0.25, 0.3) is 11.6 Å². The molecule has 1 amide bonds. The Morgan fingerprint density at radius 1 is 1.18 bits per heavy atom. The summed E-state index contributed by atoms with van der Waals surface area (Å²) >= 11 is 1.65. The number of carbonyl (C=O) groups excluding carboxylic acids is 1. The van der Waals surface area contributed by atoms with E-state index in [1.54, 1.807) is 30.9 Å². The Balaban J connectivity index is 1.72. The zero-order valence-corrected chi connectivity index (χ0v) is 16.3. The van der Waals surface area contributed by atoms with Gasteiger partial charge in [0.1, 0.15) is 0 Å². The third-order valence-corrected chi connectivity index (χ3v) is 5.04. The molecule has 0 bridgehead atoms. The lowest BCUT2D eigenvalue weighted by Gasteiger charge is -2.08. The molecule has 0 aliphatic rings. The summed E-state index contributed by atoms with van der Waals surface area (Å²) in [5, 5.41) is 8.43. The molecule has 1 N–H and O–H groups in total. The first-order chi connectivity index (χ1) is 13.7. The van der Waals surface area contributed by atoms with Crippen LogP contribution in [-0.4, -0.2) is 26.8 Å². The van der Waals surface area contributed by atoms with Crippen molar-refractivity contribution in [1.29, 1.82) is 0 Å². The molecule has 0 fully saturated rings. The minimum atomic E-state index is -0.256. The largest absolute Gasteiger partial charge is 0.335 e. The molecule has 140 valence electrons. The summed E-state index contributed by atoms with van der Waals surface area (Å²) in [6, 6.07) is 15.2. The molecule has 7 heteroatoms. The molecule has 0 saturated carbocycles. The van der Waals surface area contributed by atoms with Crippen LogP contribution in [0.2, 0.25) is 0 Å². The summed E-state index contributed by atoms with van der Waals surface area (Å²) in [6.45, 7) is 3.87. The number of hydrogen-bond acceptors (Lipinski definition) is 6. The van der Waals surface area contributed by atoms with E-state index in [1.807, 2.05) is 42.5 Å². The van der Waals surface area contributed by atoms with Crippen molar-refractivity contribution in [3.63, 3.8) is 0 Å². The molecule has 0 aliphatic carbocycles. The van der Waals surface area contributed by atoms with Crippen LogP contribution in [0.4, 0.5) is 5.69 Å². The van der Waals surface area contributed by atoms with Gasteiger partial charge in [0.15, 0.2) is 0 Å². The van der Waals surface area contributed by atoms with Gasteiger partial charge in [-0.25, -0.2) is 9.97 Å². The van der Waals surface area contributed by atoms with Crippen molar-refractivity contribution in [2.75, 3.05) is 11.1 Å². The van der Waals surface area contributed by atoms with E-state index in [-0.39, 0.29) is 5.91 Å². The molecular weight excluding hydrogens is 372 g/mol. The molecule has 3 heterocycles. The molecule has 0 radical (unpaired) electrons. The molecule has 3 aromatic heterocycles. The van der Waals surface area contributed by atoms with E-state index >= 15 is 0 Å². The van der Waals surface area contributed by atoms with Gasteiger partial charge in [-0.05, 0) is 30.9 Å². The maximum Gasteiger partial charge on any atom is 0.259 e. The Morgan fingerprint density at radius 2 is 2.00 bits per heavy atom. The quantitative estimate of drug-likeness (QED) is 0.485. The molecule has 0 spiro atoms. The normalized spacial score (nSPS) is 10.9. The van der Waals surface area contributed by atoms with Crippen LogP contribution in [0.25, 0.3) is 22.4 Å². The highest BCUT2D eigenvalue weighted by Crippen LogP contribution is 2.27. The first-order valence-electron chi connectivity index (χ1n) is 8.88. The lowest BCUT2D eigenvalue weighted by Crippen LogP contribution is -2.13. The van der Waals surface area contributed by atoms with Gasteiger partial charge in [-0.1, -0.05) is 42.4 Å². The molecule has 4 rings (SSSR count). The van der Waals surface area contributed by atoms with Gasteiger partial charge in [0.05, 0.1) is 39.2 Å². The fourth-order valence-corrected chi connectivity index (χ4v) is 3.50. The predicted molar refractivity (Wildman–Crippen MR) is 111 cm³/mol. The van der Waals surface area contributed by atoms with Crippen molar-refractivity contribution in [2.45, 2.75) is 18.9 Å². The smallest absolute Gasteiger partial charge is 0.259 e. The van der Waals surface area contributed by atoms with Crippen LogP contribution in [0.3, 0.4) is 0 Å². The Hall–Kier alpha value is -3.19. The highest BCUT2D eigenvalue weighted by atomic mass is 32.2. The minimum Gasteiger partial charge on any atom is -0.335 e. The van der Waals surface area contributed by atoms with Gasteiger partial charge in [0, 0.05) is 5.56 Å². The van der Waals surface area contributed by atoms with Crippen LogP contribution in [0.1, 0.15) is 23.0 Å². The lowest BCUT2D eigenvalue weighted by atomic mass is 10.1. The third-order valence-electron chi connectivity index (χ3n) is 4.22. The Bertz CT molecular complexity index is 1120. The minimum absolute atomic E-state index is 0.256. The number of carbonyl (C=O) groups is 1. The lowest BCUT2D eigenvalue weighted by molar-refractivity contribution is 0.102. The Labute approximate surface area is 166 Å². The van der Waals surface area contributed by atoms with E-state index in [0.717, 1.165) is 16.3 Å². The first-order valence-corrected chi connectivity index (χ1v) is 9.87. The molecule has 28 heavy (non-hydrogen) atoms. The zero-order valence-electron chi connectivity index (χ0n) is 15.5. The Kier molecular flexibility index (Phi) is 5.08.